The summed E-state index contributed by atoms with van der Waals surface area (Å²) in [4.78, 5) is 14.1. The van der Waals surface area contributed by atoms with E-state index in [0.29, 0.717) is 13.2 Å². The summed E-state index contributed by atoms with van der Waals surface area (Å²) >= 11 is 1.75. The van der Waals surface area contributed by atoms with Crippen molar-refractivity contribution >= 4 is 17.2 Å². The van der Waals surface area contributed by atoms with E-state index in [1.54, 1.807) is 11.3 Å². The smallest absolute Gasteiger partial charge is 0.246 e. The maximum absolute atomic E-state index is 11.5. The van der Waals surface area contributed by atoms with E-state index < -0.39 is 0 Å². The topological polar surface area (TPSA) is 64.3 Å². The molecule has 0 saturated heterocycles. The molecule has 0 spiro atoms. The Morgan fingerprint density at radius 1 is 1.59 bits per heavy atom. The van der Waals surface area contributed by atoms with Crippen LogP contribution in [0.4, 0.5) is 0 Å². The summed E-state index contributed by atoms with van der Waals surface area (Å²) in [5.74, 6) is -0.103. The van der Waals surface area contributed by atoms with Gasteiger partial charge in [-0.05, 0) is 32.4 Å². The van der Waals surface area contributed by atoms with E-state index in [1.165, 1.54) is 15.3 Å². The first-order chi connectivity index (χ1) is 8.04. The highest BCUT2D eigenvalue weighted by molar-refractivity contribution is 7.12. The van der Waals surface area contributed by atoms with Crippen LogP contribution < -0.4 is 11.1 Å². The number of amides is 1. The zero-order valence-electron chi connectivity index (χ0n) is 10.6. The van der Waals surface area contributed by atoms with Gasteiger partial charge in [0.25, 0.3) is 0 Å². The van der Waals surface area contributed by atoms with Gasteiger partial charge in [-0.3, -0.25) is 4.79 Å². The van der Waals surface area contributed by atoms with Crippen molar-refractivity contribution in [2.45, 2.75) is 26.8 Å². The van der Waals surface area contributed by atoms with Gasteiger partial charge in [-0.2, -0.15) is 0 Å². The Labute approximate surface area is 106 Å². The van der Waals surface area contributed by atoms with Crippen molar-refractivity contribution in [1.29, 1.82) is 0 Å². The zero-order chi connectivity index (χ0) is 12.8. The second-order valence-electron chi connectivity index (χ2n) is 4.00. The number of hydrogen-bond acceptors (Lipinski definition) is 4. The molecular weight excluding hydrogens is 236 g/mol. The van der Waals surface area contributed by atoms with E-state index in [1.807, 2.05) is 6.92 Å². The molecule has 17 heavy (non-hydrogen) atoms. The van der Waals surface area contributed by atoms with Gasteiger partial charge in [-0.15, -0.1) is 11.3 Å². The van der Waals surface area contributed by atoms with Gasteiger partial charge in [0.1, 0.15) is 6.61 Å². The van der Waals surface area contributed by atoms with Gasteiger partial charge in [-0.25, -0.2) is 0 Å². The molecule has 5 heteroatoms. The first-order valence-corrected chi connectivity index (χ1v) is 6.50. The third-order valence-electron chi connectivity index (χ3n) is 2.42. The number of nitrogens with one attached hydrogen (secondary N) is 1. The zero-order valence-corrected chi connectivity index (χ0v) is 11.4. The predicted molar refractivity (Wildman–Crippen MR) is 70.2 cm³/mol. The fraction of sp³-hybridized carbons (Fsp3) is 0.583. The monoisotopic (exact) mass is 256 g/mol. The number of nitrogens with two attached hydrogens (primary N) is 1. The summed E-state index contributed by atoms with van der Waals surface area (Å²) in [6.07, 6.45) is 0. The van der Waals surface area contributed by atoms with Gasteiger partial charge < -0.3 is 15.8 Å². The van der Waals surface area contributed by atoms with E-state index >= 15 is 0 Å². The van der Waals surface area contributed by atoms with Crippen LogP contribution in [0.25, 0.3) is 0 Å². The van der Waals surface area contributed by atoms with Crippen LogP contribution in [0.1, 0.15) is 28.3 Å². The predicted octanol–water partition coefficient (Wildman–Crippen LogP) is 1.52. The number of hydrogen-bond donors (Lipinski definition) is 2. The lowest BCUT2D eigenvalue weighted by Crippen LogP contribution is -2.31. The Bertz CT molecular complexity index is 377. The molecule has 4 nitrogen and oxygen atoms in total. The van der Waals surface area contributed by atoms with Crippen molar-refractivity contribution in [1.82, 2.24) is 5.32 Å². The third-order valence-corrected chi connectivity index (χ3v) is 3.40. The van der Waals surface area contributed by atoms with Crippen LogP contribution in [0.3, 0.4) is 0 Å². The first-order valence-electron chi connectivity index (χ1n) is 5.68. The molecular formula is C12H20N2O2S. The second kappa shape index (κ2) is 6.74. The molecule has 96 valence electrons. The molecule has 0 saturated carbocycles. The van der Waals surface area contributed by atoms with Gasteiger partial charge in [-0.1, -0.05) is 0 Å². The van der Waals surface area contributed by atoms with Crippen LogP contribution in [0.2, 0.25) is 0 Å². The molecule has 3 N–H and O–H groups in total. The lowest BCUT2D eigenvalue weighted by atomic mass is 10.1. The van der Waals surface area contributed by atoms with Crippen LogP contribution >= 0.6 is 11.3 Å². The Morgan fingerprint density at radius 2 is 2.29 bits per heavy atom. The van der Waals surface area contributed by atoms with E-state index in [0.717, 1.165) is 0 Å². The van der Waals surface area contributed by atoms with E-state index in [-0.39, 0.29) is 18.6 Å². The van der Waals surface area contributed by atoms with Crippen molar-refractivity contribution in [3.05, 3.63) is 21.4 Å². The minimum atomic E-state index is -0.103. The molecule has 1 heterocycles. The highest BCUT2D eigenvalue weighted by Gasteiger charge is 2.13. The molecule has 0 fully saturated rings. The summed E-state index contributed by atoms with van der Waals surface area (Å²) in [7, 11) is 0. The van der Waals surface area contributed by atoms with Crippen molar-refractivity contribution < 1.29 is 9.53 Å². The molecule has 0 aromatic carbocycles. The van der Waals surface area contributed by atoms with Gasteiger partial charge in [0.05, 0.1) is 12.6 Å². The quantitative estimate of drug-likeness (QED) is 0.758. The van der Waals surface area contributed by atoms with Crippen molar-refractivity contribution in [3.63, 3.8) is 0 Å². The molecule has 0 radical (unpaired) electrons. The van der Waals surface area contributed by atoms with Crippen molar-refractivity contribution in [3.8, 4) is 0 Å². The molecule has 0 aliphatic carbocycles. The van der Waals surface area contributed by atoms with E-state index in [4.69, 9.17) is 10.5 Å². The first kappa shape index (κ1) is 14.2. The van der Waals surface area contributed by atoms with Crippen molar-refractivity contribution in [2.75, 3.05) is 19.8 Å². The lowest BCUT2D eigenvalue weighted by molar-refractivity contribution is -0.126. The van der Waals surface area contributed by atoms with E-state index in [9.17, 15) is 4.79 Å². The average Bonchev–Trinajstić information content (AvgIpc) is 2.58. The number of thiophene rings is 1. The fourth-order valence-electron chi connectivity index (χ4n) is 1.69. The molecule has 1 rings (SSSR count). The SMILES string of the molecule is Cc1cc(C(C)NC(=O)COCCN)c(C)s1. The number of carbonyl (C=O) groups is 1. The van der Waals surface area contributed by atoms with Crippen molar-refractivity contribution in [2.24, 2.45) is 5.73 Å². The number of carbonyl (C=O) groups excluding carboxylic acids is 1. The second-order valence-corrected chi connectivity index (χ2v) is 5.46. The Hall–Kier alpha value is -0.910. The normalized spacial score (nSPS) is 12.5. The van der Waals surface area contributed by atoms with Gasteiger partial charge in [0.15, 0.2) is 0 Å². The molecule has 1 aromatic rings. The number of aryl methyl sites for hydroxylation is 2. The summed E-state index contributed by atoms with van der Waals surface area (Å²) in [6.45, 7) is 7.05. The molecule has 1 atom stereocenters. The third kappa shape index (κ3) is 4.46. The van der Waals surface area contributed by atoms with Gasteiger partial charge in [0.2, 0.25) is 5.91 Å². The summed E-state index contributed by atoms with van der Waals surface area (Å²) in [5.41, 5.74) is 6.45. The Morgan fingerprint density at radius 3 is 2.82 bits per heavy atom. The summed E-state index contributed by atoms with van der Waals surface area (Å²) < 4.78 is 5.08. The molecule has 1 aromatic heterocycles. The van der Waals surface area contributed by atoms with Crippen LogP contribution in [-0.2, 0) is 9.53 Å². The van der Waals surface area contributed by atoms with E-state index in [2.05, 4.69) is 25.2 Å². The molecule has 0 aliphatic heterocycles. The van der Waals surface area contributed by atoms with Crippen LogP contribution in [0.15, 0.2) is 6.07 Å². The van der Waals surface area contributed by atoms with Gasteiger partial charge in [0, 0.05) is 16.3 Å². The minimum Gasteiger partial charge on any atom is -0.370 e. The largest absolute Gasteiger partial charge is 0.370 e. The molecule has 1 amide bonds. The standard InChI is InChI=1S/C12H20N2O2S/c1-8-6-11(10(3)17-8)9(2)14-12(15)7-16-5-4-13/h6,9H,4-5,7,13H2,1-3H3,(H,14,15). The average molecular weight is 256 g/mol. The number of rotatable bonds is 6. The fourth-order valence-corrected chi connectivity index (χ4v) is 2.71. The highest BCUT2D eigenvalue weighted by Crippen LogP contribution is 2.25. The Balaban J connectivity index is 2.46. The van der Waals surface area contributed by atoms with Crippen LogP contribution in [0, 0.1) is 13.8 Å². The van der Waals surface area contributed by atoms with Crippen LogP contribution in [-0.4, -0.2) is 25.7 Å². The summed E-state index contributed by atoms with van der Waals surface area (Å²) in [6, 6.07) is 2.14. The molecule has 0 bridgehead atoms. The maximum atomic E-state index is 11.5. The minimum absolute atomic E-state index is 0.0222. The lowest BCUT2D eigenvalue weighted by Gasteiger charge is -2.13. The highest BCUT2D eigenvalue weighted by atomic mass is 32.1. The van der Waals surface area contributed by atoms with Gasteiger partial charge >= 0.3 is 0 Å². The molecule has 1 unspecified atom stereocenters. The van der Waals surface area contributed by atoms with Crippen LogP contribution in [0.5, 0.6) is 0 Å². The summed E-state index contributed by atoms with van der Waals surface area (Å²) in [5, 5.41) is 2.91. The molecule has 0 aliphatic rings. The number of ether oxygens (including phenoxy) is 1. The Kier molecular flexibility index (Phi) is 5.61. The maximum Gasteiger partial charge on any atom is 0.246 e.